The number of nitrogens with zero attached hydrogens (tertiary/aromatic N) is 2. The SMILES string of the molecule is CN(C)CCn1cc(C2=C(c3csc4ccc(Cl)cc34)C(=O)NC2=O)c2ccccc21. The lowest BCUT2D eigenvalue weighted by atomic mass is 9.95. The fourth-order valence-electron chi connectivity index (χ4n) is 4.10. The standard InChI is InChI=1S/C24H20ClN3O2S/c1-27(2)9-10-28-12-17(15-5-3-4-6-19(15)28)21-22(24(30)26-23(21)29)18-13-31-20-8-7-14(25)11-16(18)20/h3-8,11-13H,9-10H2,1-2H3,(H,26,29,30). The minimum atomic E-state index is -0.371. The molecule has 0 radical (unpaired) electrons. The minimum absolute atomic E-state index is 0.364. The molecular formula is C24H20ClN3O2S. The van der Waals surface area contributed by atoms with Gasteiger partial charge in [0.05, 0.1) is 11.1 Å². The van der Waals surface area contributed by atoms with Gasteiger partial charge in [-0.3, -0.25) is 14.9 Å². The van der Waals surface area contributed by atoms with Gasteiger partial charge in [0, 0.05) is 61.8 Å². The molecule has 0 unspecified atom stereocenters. The van der Waals surface area contributed by atoms with E-state index in [-0.39, 0.29) is 11.8 Å². The Balaban J connectivity index is 1.76. The highest BCUT2D eigenvalue weighted by molar-refractivity contribution is 7.17. The maximum absolute atomic E-state index is 13.0. The fourth-order valence-corrected chi connectivity index (χ4v) is 5.21. The van der Waals surface area contributed by atoms with Crippen molar-refractivity contribution in [3.05, 3.63) is 70.2 Å². The molecule has 0 atom stereocenters. The van der Waals surface area contributed by atoms with Crippen molar-refractivity contribution in [3.63, 3.8) is 0 Å². The Morgan fingerprint density at radius 1 is 1.00 bits per heavy atom. The highest BCUT2D eigenvalue weighted by Gasteiger charge is 2.35. The molecule has 1 aliphatic rings. The van der Waals surface area contributed by atoms with E-state index in [4.69, 9.17) is 11.6 Å². The molecule has 0 saturated carbocycles. The molecule has 0 aliphatic carbocycles. The van der Waals surface area contributed by atoms with Crippen molar-refractivity contribution in [2.75, 3.05) is 20.6 Å². The molecule has 0 spiro atoms. The van der Waals surface area contributed by atoms with Gasteiger partial charge in [0.25, 0.3) is 11.8 Å². The van der Waals surface area contributed by atoms with Crippen LogP contribution >= 0.6 is 22.9 Å². The van der Waals surface area contributed by atoms with Crippen molar-refractivity contribution in [3.8, 4) is 0 Å². The molecule has 7 heteroatoms. The molecule has 2 aromatic carbocycles. The first kappa shape index (κ1) is 20.0. The number of benzene rings is 2. The number of aromatic nitrogens is 1. The van der Waals surface area contributed by atoms with E-state index in [1.165, 1.54) is 11.3 Å². The smallest absolute Gasteiger partial charge is 0.259 e. The molecule has 1 N–H and O–H groups in total. The van der Waals surface area contributed by atoms with Crippen LogP contribution in [0.2, 0.25) is 5.02 Å². The molecule has 0 fully saturated rings. The molecule has 4 aromatic rings. The third-order valence-electron chi connectivity index (χ3n) is 5.58. The number of amides is 2. The van der Waals surface area contributed by atoms with E-state index < -0.39 is 0 Å². The normalized spacial score (nSPS) is 14.5. The van der Waals surface area contributed by atoms with Crippen molar-refractivity contribution in [2.45, 2.75) is 6.54 Å². The van der Waals surface area contributed by atoms with Crippen molar-refractivity contribution < 1.29 is 9.59 Å². The number of rotatable bonds is 5. The van der Waals surface area contributed by atoms with E-state index in [1.54, 1.807) is 0 Å². The van der Waals surface area contributed by atoms with Gasteiger partial charge in [-0.2, -0.15) is 0 Å². The molecule has 2 aromatic heterocycles. The monoisotopic (exact) mass is 449 g/mol. The lowest BCUT2D eigenvalue weighted by molar-refractivity contribution is -0.122. The largest absolute Gasteiger partial charge is 0.346 e. The summed E-state index contributed by atoms with van der Waals surface area (Å²) >= 11 is 7.76. The summed E-state index contributed by atoms with van der Waals surface area (Å²) < 4.78 is 3.17. The first-order chi connectivity index (χ1) is 14.9. The van der Waals surface area contributed by atoms with Gasteiger partial charge in [-0.1, -0.05) is 29.8 Å². The summed E-state index contributed by atoms with van der Waals surface area (Å²) in [5.41, 5.74) is 3.38. The maximum atomic E-state index is 13.0. The first-order valence-electron chi connectivity index (χ1n) is 9.94. The van der Waals surface area contributed by atoms with Gasteiger partial charge in [0.15, 0.2) is 0 Å². The Morgan fingerprint density at radius 3 is 2.52 bits per heavy atom. The van der Waals surface area contributed by atoms with E-state index in [0.717, 1.165) is 45.2 Å². The average molecular weight is 450 g/mol. The predicted molar refractivity (Wildman–Crippen MR) is 127 cm³/mol. The summed E-state index contributed by atoms with van der Waals surface area (Å²) in [5, 5.41) is 6.87. The van der Waals surface area contributed by atoms with Crippen molar-refractivity contribution in [1.29, 1.82) is 0 Å². The zero-order valence-corrected chi connectivity index (χ0v) is 18.7. The van der Waals surface area contributed by atoms with E-state index in [1.807, 2.05) is 68.1 Å². The number of nitrogens with one attached hydrogen (secondary N) is 1. The summed E-state index contributed by atoms with van der Waals surface area (Å²) in [6.45, 7) is 1.64. The van der Waals surface area contributed by atoms with Crippen LogP contribution in [0, 0.1) is 0 Å². The zero-order chi connectivity index (χ0) is 21.7. The van der Waals surface area contributed by atoms with Gasteiger partial charge < -0.3 is 9.47 Å². The number of hydrogen-bond donors (Lipinski definition) is 1. The number of carbonyl (C=O) groups is 2. The van der Waals surface area contributed by atoms with Crippen molar-refractivity contribution >= 4 is 66.9 Å². The molecule has 3 heterocycles. The quantitative estimate of drug-likeness (QED) is 0.452. The predicted octanol–water partition coefficient (Wildman–Crippen LogP) is 4.64. The molecule has 31 heavy (non-hydrogen) atoms. The van der Waals surface area contributed by atoms with Crippen LogP contribution in [0.25, 0.3) is 32.1 Å². The molecule has 2 amide bonds. The van der Waals surface area contributed by atoms with Gasteiger partial charge in [0.2, 0.25) is 0 Å². The fraction of sp³-hybridized carbons (Fsp3) is 0.167. The van der Waals surface area contributed by atoms with E-state index >= 15 is 0 Å². The summed E-state index contributed by atoms with van der Waals surface area (Å²) in [7, 11) is 4.06. The summed E-state index contributed by atoms with van der Waals surface area (Å²) in [6, 6.07) is 13.6. The molecule has 5 nitrogen and oxygen atoms in total. The Labute approximate surface area is 188 Å². The third kappa shape index (κ3) is 3.37. The van der Waals surface area contributed by atoms with Gasteiger partial charge in [0.1, 0.15) is 0 Å². The molecule has 0 saturated heterocycles. The molecule has 1 aliphatic heterocycles. The molecular weight excluding hydrogens is 430 g/mol. The van der Waals surface area contributed by atoms with Crippen LogP contribution in [0.4, 0.5) is 0 Å². The number of imide groups is 1. The summed E-state index contributed by atoms with van der Waals surface area (Å²) in [4.78, 5) is 28.0. The number of carbonyl (C=O) groups excluding carboxylic acids is 2. The molecule has 156 valence electrons. The second-order valence-electron chi connectivity index (χ2n) is 7.88. The van der Waals surface area contributed by atoms with E-state index in [0.29, 0.717) is 16.2 Å². The summed E-state index contributed by atoms with van der Waals surface area (Å²) in [6.07, 6.45) is 1.99. The summed E-state index contributed by atoms with van der Waals surface area (Å²) in [5.74, 6) is -0.735. The number of fused-ring (bicyclic) bond motifs is 2. The topological polar surface area (TPSA) is 54.3 Å². The number of para-hydroxylation sites is 1. The second-order valence-corrected chi connectivity index (χ2v) is 9.23. The van der Waals surface area contributed by atoms with Crippen LogP contribution < -0.4 is 5.32 Å². The maximum Gasteiger partial charge on any atom is 0.259 e. The number of thiophene rings is 1. The Hall–Kier alpha value is -2.93. The Kier molecular flexibility index (Phi) is 4.93. The van der Waals surface area contributed by atoms with Gasteiger partial charge in [-0.15, -0.1) is 11.3 Å². The first-order valence-corrected chi connectivity index (χ1v) is 11.2. The number of hydrogen-bond acceptors (Lipinski definition) is 4. The van der Waals surface area contributed by atoms with E-state index in [9.17, 15) is 9.59 Å². The zero-order valence-electron chi connectivity index (χ0n) is 17.1. The highest BCUT2D eigenvalue weighted by atomic mass is 35.5. The molecule has 0 bridgehead atoms. The molecule has 5 rings (SSSR count). The number of halogens is 1. The lowest BCUT2D eigenvalue weighted by Crippen LogP contribution is -2.22. The van der Waals surface area contributed by atoms with Crippen molar-refractivity contribution in [1.82, 2.24) is 14.8 Å². The average Bonchev–Trinajstić information content (AvgIpc) is 3.39. The van der Waals surface area contributed by atoms with Gasteiger partial charge in [-0.25, -0.2) is 0 Å². The Morgan fingerprint density at radius 2 is 1.74 bits per heavy atom. The second kappa shape index (κ2) is 7.64. The van der Waals surface area contributed by atoms with E-state index in [2.05, 4.69) is 14.8 Å². The minimum Gasteiger partial charge on any atom is -0.346 e. The van der Waals surface area contributed by atoms with Crippen LogP contribution in [0.5, 0.6) is 0 Å². The third-order valence-corrected chi connectivity index (χ3v) is 6.78. The van der Waals surface area contributed by atoms with Crippen LogP contribution in [-0.2, 0) is 16.1 Å². The van der Waals surface area contributed by atoms with Gasteiger partial charge >= 0.3 is 0 Å². The lowest BCUT2D eigenvalue weighted by Gasteiger charge is -2.10. The Bertz CT molecular complexity index is 1400. The number of likely N-dealkylation sites (N-methyl/N-ethyl adjacent to an activating group) is 1. The van der Waals surface area contributed by atoms with Crippen molar-refractivity contribution in [2.24, 2.45) is 0 Å². The highest BCUT2D eigenvalue weighted by Crippen LogP contribution is 2.40. The van der Waals surface area contributed by atoms with Crippen LogP contribution in [0.3, 0.4) is 0 Å². The van der Waals surface area contributed by atoms with Crippen LogP contribution in [0.15, 0.2) is 54.0 Å². The van der Waals surface area contributed by atoms with Crippen LogP contribution in [0.1, 0.15) is 11.1 Å². The van der Waals surface area contributed by atoms with Crippen LogP contribution in [-0.4, -0.2) is 41.9 Å². The van der Waals surface area contributed by atoms with Gasteiger partial charge in [-0.05, 0) is 38.4 Å².